The van der Waals surface area contributed by atoms with E-state index in [1.165, 1.54) is 0 Å². The Morgan fingerprint density at radius 1 is 1.33 bits per heavy atom. The van der Waals surface area contributed by atoms with Crippen molar-refractivity contribution in [2.75, 3.05) is 37.2 Å². The van der Waals surface area contributed by atoms with Crippen LogP contribution in [0.25, 0.3) is 0 Å². The molecule has 0 aliphatic rings. The maximum atomic E-state index is 11.0. The van der Waals surface area contributed by atoms with Crippen LogP contribution in [0.3, 0.4) is 0 Å². The van der Waals surface area contributed by atoms with E-state index in [0.29, 0.717) is 11.3 Å². The third-order valence-corrected chi connectivity index (χ3v) is 2.97. The fourth-order valence-corrected chi connectivity index (χ4v) is 1.77. The minimum Gasteiger partial charge on any atom is -0.397 e. The number of rotatable bonds is 7. The maximum Gasteiger partial charge on any atom is 0.248 e. The number of anilines is 2. The van der Waals surface area contributed by atoms with Crippen molar-refractivity contribution in [1.29, 1.82) is 0 Å². The molecule has 5 N–H and O–H groups in total. The molecular formula is C13H22N4O. The molecule has 0 unspecified atom stereocenters. The molecule has 1 aromatic carbocycles. The highest BCUT2D eigenvalue weighted by molar-refractivity contribution is 5.94. The van der Waals surface area contributed by atoms with Crippen LogP contribution in [0.1, 0.15) is 24.2 Å². The number of nitrogens with one attached hydrogen (secondary N) is 1. The third kappa shape index (κ3) is 3.92. The summed E-state index contributed by atoms with van der Waals surface area (Å²) in [5, 5.41) is 3.26. The van der Waals surface area contributed by atoms with Gasteiger partial charge in [0.25, 0.3) is 0 Å². The Bertz CT molecular complexity index is 402. The van der Waals surface area contributed by atoms with E-state index in [1.54, 1.807) is 18.2 Å². The smallest absolute Gasteiger partial charge is 0.248 e. The number of nitrogen functional groups attached to an aromatic ring is 1. The number of hydrogen-bond donors (Lipinski definition) is 3. The van der Waals surface area contributed by atoms with Crippen molar-refractivity contribution >= 4 is 17.3 Å². The van der Waals surface area contributed by atoms with Crippen LogP contribution in [0.2, 0.25) is 0 Å². The highest BCUT2D eigenvalue weighted by Gasteiger charge is 2.05. The van der Waals surface area contributed by atoms with Gasteiger partial charge in [-0.25, -0.2) is 0 Å². The van der Waals surface area contributed by atoms with E-state index in [4.69, 9.17) is 11.5 Å². The molecule has 0 saturated carbocycles. The lowest BCUT2D eigenvalue weighted by Gasteiger charge is -2.19. The number of nitrogens with two attached hydrogens (primary N) is 2. The topological polar surface area (TPSA) is 84.4 Å². The van der Waals surface area contributed by atoms with Crippen molar-refractivity contribution in [3.8, 4) is 0 Å². The summed E-state index contributed by atoms with van der Waals surface area (Å²) in [6.45, 7) is 8.13. The Morgan fingerprint density at radius 3 is 2.50 bits per heavy atom. The Labute approximate surface area is 108 Å². The molecule has 0 saturated heterocycles. The summed E-state index contributed by atoms with van der Waals surface area (Å²) < 4.78 is 0. The van der Waals surface area contributed by atoms with Gasteiger partial charge in [0.1, 0.15) is 0 Å². The summed E-state index contributed by atoms with van der Waals surface area (Å²) in [7, 11) is 0. The summed E-state index contributed by atoms with van der Waals surface area (Å²) >= 11 is 0. The first-order valence-corrected chi connectivity index (χ1v) is 6.24. The molecule has 1 aromatic rings. The van der Waals surface area contributed by atoms with Gasteiger partial charge in [-0.1, -0.05) is 13.8 Å². The summed E-state index contributed by atoms with van der Waals surface area (Å²) in [5.74, 6) is -0.462. The molecule has 0 aliphatic heterocycles. The van der Waals surface area contributed by atoms with E-state index in [9.17, 15) is 4.79 Å². The number of benzene rings is 1. The van der Waals surface area contributed by atoms with Crippen molar-refractivity contribution in [2.45, 2.75) is 13.8 Å². The molecule has 0 heterocycles. The van der Waals surface area contributed by atoms with Gasteiger partial charge in [-0.15, -0.1) is 0 Å². The monoisotopic (exact) mass is 250 g/mol. The van der Waals surface area contributed by atoms with Crippen LogP contribution in [0.4, 0.5) is 11.4 Å². The lowest BCUT2D eigenvalue weighted by atomic mass is 10.1. The molecule has 0 radical (unpaired) electrons. The first-order chi connectivity index (χ1) is 8.58. The predicted molar refractivity (Wildman–Crippen MR) is 75.7 cm³/mol. The molecule has 5 nitrogen and oxygen atoms in total. The molecule has 0 fully saturated rings. The van der Waals surface area contributed by atoms with E-state index in [-0.39, 0.29) is 0 Å². The SMILES string of the molecule is CCN(CC)CCNc1ccc(C(N)=O)cc1N. The number of carbonyl (C=O) groups is 1. The highest BCUT2D eigenvalue weighted by Crippen LogP contribution is 2.19. The summed E-state index contributed by atoms with van der Waals surface area (Å²) in [6, 6.07) is 5.07. The van der Waals surface area contributed by atoms with E-state index >= 15 is 0 Å². The van der Waals surface area contributed by atoms with Crippen LogP contribution >= 0.6 is 0 Å². The van der Waals surface area contributed by atoms with Gasteiger partial charge in [-0.2, -0.15) is 0 Å². The van der Waals surface area contributed by atoms with Gasteiger partial charge in [0.15, 0.2) is 0 Å². The first-order valence-electron chi connectivity index (χ1n) is 6.24. The normalized spacial score (nSPS) is 10.6. The molecule has 0 aromatic heterocycles. The number of primary amides is 1. The summed E-state index contributed by atoms with van der Waals surface area (Å²) in [6.07, 6.45) is 0. The lowest BCUT2D eigenvalue weighted by Crippen LogP contribution is -2.28. The molecular weight excluding hydrogens is 228 g/mol. The van der Waals surface area contributed by atoms with Crippen molar-refractivity contribution in [3.63, 3.8) is 0 Å². The third-order valence-electron chi connectivity index (χ3n) is 2.97. The molecule has 18 heavy (non-hydrogen) atoms. The van der Waals surface area contributed by atoms with Crippen LogP contribution < -0.4 is 16.8 Å². The van der Waals surface area contributed by atoms with Gasteiger partial charge in [0, 0.05) is 18.7 Å². The van der Waals surface area contributed by atoms with Crippen LogP contribution in [-0.2, 0) is 0 Å². The Kier molecular flexibility index (Phi) is 5.45. The standard InChI is InChI=1S/C13H22N4O/c1-3-17(4-2)8-7-16-12-6-5-10(13(15)18)9-11(12)14/h5-6,9,16H,3-4,7-8,14H2,1-2H3,(H2,15,18). The van der Waals surface area contributed by atoms with Crippen LogP contribution in [0.15, 0.2) is 18.2 Å². The van der Waals surface area contributed by atoms with Gasteiger partial charge in [-0.3, -0.25) is 4.79 Å². The van der Waals surface area contributed by atoms with Crippen molar-refractivity contribution in [1.82, 2.24) is 4.90 Å². The predicted octanol–water partition coefficient (Wildman–Crippen LogP) is 1.12. The largest absolute Gasteiger partial charge is 0.397 e. The minimum absolute atomic E-state index is 0.432. The molecule has 1 rings (SSSR count). The molecule has 100 valence electrons. The number of hydrogen-bond acceptors (Lipinski definition) is 4. The van der Waals surface area contributed by atoms with Crippen LogP contribution in [0.5, 0.6) is 0 Å². The molecule has 1 amide bonds. The zero-order valence-corrected chi connectivity index (χ0v) is 11.1. The van der Waals surface area contributed by atoms with Crippen LogP contribution in [-0.4, -0.2) is 37.0 Å². The average Bonchev–Trinajstić information content (AvgIpc) is 2.36. The van der Waals surface area contributed by atoms with Crippen molar-refractivity contribution < 1.29 is 4.79 Å². The Morgan fingerprint density at radius 2 is 2.00 bits per heavy atom. The second kappa shape index (κ2) is 6.86. The van der Waals surface area contributed by atoms with E-state index in [2.05, 4.69) is 24.1 Å². The second-order valence-electron chi connectivity index (χ2n) is 4.12. The number of carbonyl (C=O) groups excluding carboxylic acids is 1. The minimum atomic E-state index is -0.462. The Balaban J connectivity index is 2.55. The summed E-state index contributed by atoms with van der Waals surface area (Å²) in [4.78, 5) is 13.3. The maximum absolute atomic E-state index is 11.0. The van der Waals surface area contributed by atoms with Gasteiger partial charge < -0.3 is 21.7 Å². The van der Waals surface area contributed by atoms with Crippen molar-refractivity contribution in [3.05, 3.63) is 23.8 Å². The van der Waals surface area contributed by atoms with Gasteiger partial charge in [0.05, 0.1) is 11.4 Å². The fourth-order valence-electron chi connectivity index (χ4n) is 1.77. The zero-order chi connectivity index (χ0) is 13.5. The lowest BCUT2D eigenvalue weighted by molar-refractivity contribution is 0.100. The Hall–Kier alpha value is -1.75. The van der Waals surface area contributed by atoms with E-state index < -0.39 is 5.91 Å². The number of amides is 1. The summed E-state index contributed by atoms with van der Waals surface area (Å²) in [5.41, 5.74) is 12.9. The van der Waals surface area contributed by atoms with Crippen molar-refractivity contribution in [2.24, 2.45) is 5.73 Å². The van der Waals surface area contributed by atoms with Crippen LogP contribution in [0, 0.1) is 0 Å². The quantitative estimate of drug-likeness (QED) is 0.633. The van der Waals surface area contributed by atoms with E-state index in [0.717, 1.165) is 31.9 Å². The fraction of sp³-hybridized carbons (Fsp3) is 0.462. The molecule has 0 atom stereocenters. The van der Waals surface area contributed by atoms with E-state index in [1.807, 2.05) is 0 Å². The first kappa shape index (κ1) is 14.3. The average molecular weight is 250 g/mol. The molecule has 0 aliphatic carbocycles. The van der Waals surface area contributed by atoms with Gasteiger partial charge in [0.2, 0.25) is 5.91 Å². The zero-order valence-electron chi connectivity index (χ0n) is 11.1. The number of nitrogens with zero attached hydrogens (tertiary/aromatic N) is 1. The molecule has 5 heteroatoms. The highest BCUT2D eigenvalue weighted by atomic mass is 16.1. The molecule has 0 bridgehead atoms. The molecule has 0 spiro atoms. The second-order valence-corrected chi connectivity index (χ2v) is 4.12. The van der Waals surface area contributed by atoms with Gasteiger partial charge in [-0.05, 0) is 31.3 Å². The van der Waals surface area contributed by atoms with Gasteiger partial charge >= 0.3 is 0 Å². The number of likely N-dealkylation sites (N-methyl/N-ethyl adjacent to an activating group) is 1.